The van der Waals surface area contributed by atoms with E-state index in [1.165, 1.54) is 0 Å². The number of hydrogen-bond donors (Lipinski definition) is 1. The van der Waals surface area contributed by atoms with E-state index in [-0.39, 0.29) is 13.0 Å². The third-order valence-corrected chi connectivity index (χ3v) is 3.36. The van der Waals surface area contributed by atoms with Gasteiger partial charge in [0.2, 0.25) is 0 Å². The summed E-state index contributed by atoms with van der Waals surface area (Å²) in [5.74, 6) is 0.143. The van der Waals surface area contributed by atoms with E-state index in [4.69, 9.17) is 19.7 Å². The standard InChI is InChI=1S/C19H28N4O5/c1-5-26-17(24)16(22-18(25)28-19(2,3)4)13-14-7-9-15(10-8-14)27-12-6-11-21-23-20/h7-10,16H,5-6,11-13H2,1-4H3,(H,22,25)/t16-/m0/s1. The van der Waals surface area contributed by atoms with E-state index in [9.17, 15) is 9.59 Å². The Balaban J connectivity index is 2.67. The van der Waals surface area contributed by atoms with Crippen LogP contribution in [0.15, 0.2) is 29.4 Å². The number of nitrogens with one attached hydrogen (secondary N) is 1. The normalized spacial score (nSPS) is 11.7. The van der Waals surface area contributed by atoms with Gasteiger partial charge in [0.25, 0.3) is 0 Å². The fraction of sp³-hybridized carbons (Fsp3) is 0.579. The summed E-state index contributed by atoms with van der Waals surface area (Å²) >= 11 is 0. The van der Waals surface area contributed by atoms with Gasteiger partial charge in [0.05, 0.1) is 13.2 Å². The van der Waals surface area contributed by atoms with Gasteiger partial charge in [-0.2, -0.15) is 0 Å². The fourth-order valence-electron chi connectivity index (χ4n) is 2.21. The first kappa shape index (κ1) is 23.1. The molecule has 0 saturated carbocycles. The summed E-state index contributed by atoms with van der Waals surface area (Å²) in [6.45, 7) is 7.98. The number of hydrogen-bond acceptors (Lipinski definition) is 6. The van der Waals surface area contributed by atoms with Crippen LogP contribution in [0.4, 0.5) is 4.79 Å². The Bertz CT molecular complexity index is 679. The molecule has 0 saturated heterocycles. The second-order valence-electron chi connectivity index (χ2n) is 6.96. The number of ether oxygens (including phenoxy) is 3. The molecule has 9 nitrogen and oxygen atoms in total. The molecule has 9 heteroatoms. The van der Waals surface area contributed by atoms with Crippen LogP contribution in [-0.2, 0) is 20.7 Å². The van der Waals surface area contributed by atoms with Crippen LogP contribution in [-0.4, -0.2) is 43.5 Å². The largest absolute Gasteiger partial charge is 0.494 e. The van der Waals surface area contributed by atoms with Gasteiger partial charge in [-0.1, -0.05) is 17.2 Å². The summed E-state index contributed by atoms with van der Waals surface area (Å²) in [6.07, 6.45) is 0.205. The van der Waals surface area contributed by atoms with Crippen molar-refractivity contribution in [2.75, 3.05) is 19.8 Å². The molecule has 0 spiro atoms. The molecule has 1 aromatic rings. The lowest BCUT2D eigenvalue weighted by Crippen LogP contribution is -2.45. The number of rotatable bonds is 10. The molecule has 0 radical (unpaired) electrons. The van der Waals surface area contributed by atoms with E-state index >= 15 is 0 Å². The molecule has 0 aliphatic rings. The van der Waals surface area contributed by atoms with Crippen LogP contribution >= 0.6 is 0 Å². The van der Waals surface area contributed by atoms with Crippen molar-refractivity contribution in [1.29, 1.82) is 0 Å². The third kappa shape index (κ3) is 9.68. The van der Waals surface area contributed by atoms with Crippen LogP contribution in [0.3, 0.4) is 0 Å². The van der Waals surface area contributed by atoms with Crippen molar-refractivity contribution in [3.63, 3.8) is 0 Å². The maximum atomic E-state index is 12.2. The lowest BCUT2D eigenvalue weighted by atomic mass is 10.1. The Morgan fingerprint density at radius 1 is 1.25 bits per heavy atom. The summed E-state index contributed by atoms with van der Waals surface area (Å²) in [4.78, 5) is 26.9. The van der Waals surface area contributed by atoms with Gasteiger partial charge in [0, 0.05) is 17.9 Å². The molecule has 1 rings (SSSR count). The van der Waals surface area contributed by atoms with E-state index in [1.54, 1.807) is 39.8 Å². The number of carbonyl (C=O) groups is 2. The number of azide groups is 1. The Labute approximate surface area is 165 Å². The maximum absolute atomic E-state index is 12.2. The molecule has 0 fully saturated rings. The predicted molar refractivity (Wildman–Crippen MR) is 104 cm³/mol. The second kappa shape index (κ2) is 11.7. The summed E-state index contributed by atoms with van der Waals surface area (Å²) in [7, 11) is 0. The van der Waals surface area contributed by atoms with Crippen LogP contribution < -0.4 is 10.1 Å². The minimum atomic E-state index is -0.856. The van der Waals surface area contributed by atoms with Crippen molar-refractivity contribution < 1.29 is 23.8 Å². The fourth-order valence-corrected chi connectivity index (χ4v) is 2.21. The zero-order valence-corrected chi connectivity index (χ0v) is 16.8. The molecule has 1 N–H and O–H groups in total. The van der Waals surface area contributed by atoms with Crippen molar-refractivity contribution in [1.82, 2.24) is 5.32 Å². The molecule has 0 bridgehead atoms. The van der Waals surface area contributed by atoms with Crippen LogP contribution in [0.1, 0.15) is 39.7 Å². The van der Waals surface area contributed by atoms with E-state index in [2.05, 4.69) is 15.3 Å². The number of esters is 1. The van der Waals surface area contributed by atoms with Crippen molar-refractivity contribution >= 4 is 12.1 Å². The molecular formula is C19H28N4O5. The van der Waals surface area contributed by atoms with Gasteiger partial charge in [0.1, 0.15) is 17.4 Å². The van der Waals surface area contributed by atoms with Crippen molar-refractivity contribution in [2.45, 2.75) is 52.2 Å². The van der Waals surface area contributed by atoms with Gasteiger partial charge >= 0.3 is 12.1 Å². The number of amides is 1. The van der Waals surface area contributed by atoms with Crippen LogP contribution in [0.5, 0.6) is 5.75 Å². The van der Waals surface area contributed by atoms with Crippen molar-refractivity contribution in [3.8, 4) is 5.75 Å². The molecule has 1 atom stereocenters. The Kier molecular flexibility index (Phi) is 9.67. The van der Waals surface area contributed by atoms with E-state index < -0.39 is 23.7 Å². The number of nitrogens with zero attached hydrogens (tertiary/aromatic N) is 3. The smallest absolute Gasteiger partial charge is 0.408 e. The average Bonchev–Trinajstić information content (AvgIpc) is 2.61. The molecule has 0 unspecified atom stereocenters. The molecule has 0 aromatic heterocycles. The van der Waals surface area contributed by atoms with Crippen LogP contribution in [0.25, 0.3) is 10.4 Å². The second-order valence-corrected chi connectivity index (χ2v) is 6.96. The molecule has 28 heavy (non-hydrogen) atoms. The molecule has 1 amide bonds. The SMILES string of the molecule is CCOC(=O)[C@H](Cc1ccc(OCCCN=[N+]=[N-])cc1)NC(=O)OC(C)(C)C. The summed E-state index contributed by atoms with van der Waals surface area (Å²) in [6, 6.07) is 6.32. The first-order valence-electron chi connectivity index (χ1n) is 9.14. The summed E-state index contributed by atoms with van der Waals surface area (Å²) in [5.41, 5.74) is 8.38. The van der Waals surface area contributed by atoms with Gasteiger partial charge in [0.15, 0.2) is 0 Å². The topological polar surface area (TPSA) is 123 Å². The lowest BCUT2D eigenvalue weighted by molar-refractivity contribution is -0.145. The number of benzene rings is 1. The zero-order chi connectivity index (χ0) is 21.0. The molecule has 154 valence electrons. The molecule has 1 aromatic carbocycles. The third-order valence-electron chi connectivity index (χ3n) is 3.36. The first-order chi connectivity index (χ1) is 13.2. The van der Waals surface area contributed by atoms with E-state index in [0.29, 0.717) is 25.3 Å². The highest BCUT2D eigenvalue weighted by Crippen LogP contribution is 2.15. The van der Waals surface area contributed by atoms with Crippen LogP contribution in [0.2, 0.25) is 0 Å². The molecule has 0 heterocycles. The highest BCUT2D eigenvalue weighted by atomic mass is 16.6. The van der Waals surface area contributed by atoms with Gasteiger partial charge in [-0.05, 0) is 57.3 Å². The minimum Gasteiger partial charge on any atom is -0.494 e. The predicted octanol–water partition coefficient (Wildman–Crippen LogP) is 3.76. The number of carbonyl (C=O) groups excluding carboxylic acids is 2. The summed E-state index contributed by atoms with van der Waals surface area (Å²) in [5, 5.41) is 6.01. The highest BCUT2D eigenvalue weighted by molar-refractivity contribution is 5.81. The van der Waals surface area contributed by atoms with Crippen LogP contribution in [0, 0.1) is 0 Å². The Morgan fingerprint density at radius 3 is 2.50 bits per heavy atom. The summed E-state index contributed by atoms with van der Waals surface area (Å²) < 4.78 is 15.8. The lowest BCUT2D eigenvalue weighted by Gasteiger charge is -2.23. The van der Waals surface area contributed by atoms with E-state index in [1.807, 2.05) is 12.1 Å². The molecule has 0 aliphatic heterocycles. The van der Waals surface area contributed by atoms with Gasteiger partial charge in [-0.3, -0.25) is 0 Å². The monoisotopic (exact) mass is 392 g/mol. The Hall–Kier alpha value is -2.93. The Morgan fingerprint density at radius 2 is 1.93 bits per heavy atom. The average molecular weight is 392 g/mol. The number of alkyl carbamates (subject to hydrolysis) is 1. The van der Waals surface area contributed by atoms with Gasteiger partial charge < -0.3 is 19.5 Å². The van der Waals surface area contributed by atoms with Gasteiger partial charge in [-0.25, -0.2) is 9.59 Å². The molecule has 0 aliphatic carbocycles. The minimum absolute atomic E-state index is 0.216. The van der Waals surface area contributed by atoms with Gasteiger partial charge in [-0.15, -0.1) is 0 Å². The van der Waals surface area contributed by atoms with Crippen molar-refractivity contribution in [2.24, 2.45) is 5.11 Å². The first-order valence-corrected chi connectivity index (χ1v) is 9.14. The quantitative estimate of drug-likeness (QED) is 0.213. The molecular weight excluding hydrogens is 364 g/mol. The van der Waals surface area contributed by atoms with Crippen molar-refractivity contribution in [3.05, 3.63) is 40.3 Å². The van der Waals surface area contributed by atoms with E-state index in [0.717, 1.165) is 5.56 Å². The zero-order valence-electron chi connectivity index (χ0n) is 16.8. The highest BCUT2D eigenvalue weighted by Gasteiger charge is 2.25. The maximum Gasteiger partial charge on any atom is 0.408 e.